The summed E-state index contributed by atoms with van der Waals surface area (Å²) in [5, 5.41) is -0.126. The molecule has 0 bridgehead atoms. The van der Waals surface area contributed by atoms with E-state index in [2.05, 4.69) is 20.8 Å². The van der Waals surface area contributed by atoms with Crippen molar-refractivity contribution >= 4 is 17.7 Å². The highest BCUT2D eigenvalue weighted by Crippen LogP contribution is 2.21. The molecule has 0 aromatic heterocycles. The average molecular weight is 264 g/mol. The van der Waals surface area contributed by atoms with Gasteiger partial charge in [-0.3, -0.25) is 9.18 Å². The summed E-state index contributed by atoms with van der Waals surface area (Å²) in [5.74, 6) is 1.02. The molecule has 2 nitrogen and oxygen atoms in total. The highest BCUT2D eigenvalue weighted by molar-refractivity contribution is 8.00. The van der Waals surface area contributed by atoms with Crippen LogP contribution >= 0.6 is 11.8 Å². The molecule has 0 aliphatic carbocycles. The monoisotopic (exact) mass is 264 g/mol. The Bertz CT molecular complexity index is 198. The van der Waals surface area contributed by atoms with Crippen LogP contribution in [0.4, 0.5) is 4.39 Å². The van der Waals surface area contributed by atoms with Crippen molar-refractivity contribution in [3.63, 3.8) is 0 Å². The van der Waals surface area contributed by atoms with Crippen LogP contribution in [0.3, 0.4) is 0 Å². The van der Waals surface area contributed by atoms with Gasteiger partial charge in [0, 0.05) is 0 Å². The number of unbranched alkanes of at least 4 members (excludes halogenated alkanes) is 1. The van der Waals surface area contributed by atoms with E-state index in [1.807, 2.05) is 0 Å². The lowest BCUT2D eigenvalue weighted by Crippen LogP contribution is -2.23. The molecule has 0 aliphatic heterocycles. The fourth-order valence-electron chi connectivity index (χ4n) is 1.35. The van der Waals surface area contributed by atoms with E-state index >= 15 is 0 Å². The predicted molar refractivity (Wildman–Crippen MR) is 72.2 cm³/mol. The zero-order chi connectivity index (χ0) is 13.1. The van der Waals surface area contributed by atoms with Crippen molar-refractivity contribution in [1.29, 1.82) is 0 Å². The Morgan fingerprint density at radius 2 is 2.06 bits per heavy atom. The number of rotatable bonds is 10. The van der Waals surface area contributed by atoms with Crippen molar-refractivity contribution in [2.75, 3.05) is 19.0 Å². The van der Waals surface area contributed by atoms with Crippen LogP contribution in [0.5, 0.6) is 0 Å². The van der Waals surface area contributed by atoms with Gasteiger partial charge in [0.2, 0.25) is 0 Å². The van der Waals surface area contributed by atoms with Gasteiger partial charge in [-0.1, -0.05) is 27.2 Å². The number of carbonyl (C=O) groups excluding carboxylic acids is 1. The summed E-state index contributed by atoms with van der Waals surface area (Å²) in [6.07, 6.45) is 3.26. The van der Waals surface area contributed by atoms with Gasteiger partial charge in [-0.25, -0.2) is 0 Å². The van der Waals surface area contributed by atoms with Crippen LogP contribution in [0, 0.1) is 5.92 Å². The van der Waals surface area contributed by atoms with Crippen molar-refractivity contribution in [2.45, 2.75) is 51.7 Å². The number of ether oxygens (including phenoxy) is 1. The maximum absolute atomic E-state index is 12.0. The van der Waals surface area contributed by atoms with Crippen LogP contribution in [-0.2, 0) is 9.53 Å². The highest BCUT2D eigenvalue weighted by Gasteiger charge is 2.21. The van der Waals surface area contributed by atoms with Gasteiger partial charge in [0.15, 0.2) is 0 Å². The largest absolute Gasteiger partial charge is 0.465 e. The summed E-state index contributed by atoms with van der Waals surface area (Å²) in [6.45, 7) is 6.43. The Hall–Kier alpha value is -0.250. The molecule has 0 N–H and O–H groups in total. The average Bonchev–Trinajstić information content (AvgIpc) is 2.27. The fourth-order valence-corrected chi connectivity index (χ4v) is 2.64. The Morgan fingerprint density at radius 3 is 2.59 bits per heavy atom. The van der Waals surface area contributed by atoms with Gasteiger partial charge < -0.3 is 4.74 Å². The van der Waals surface area contributed by atoms with Gasteiger partial charge in [-0.05, 0) is 30.9 Å². The van der Waals surface area contributed by atoms with Crippen LogP contribution < -0.4 is 0 Å². The molecule has 1 atom stereocenters. The van der Waals surface area contributed by atoms with Crippen molar-refractivity contribution in [1.82, 2.24) is 0 Å². The third-order valence-electron chi connectivity index (χ3n) is 2.29. The number of alkyl halides is 1. The van der Waals surface area contributed by atoms with Crippen LogP contribution in [0.1, 0.15) is 46.5 Å². The lowest BCUT2D eigenvalue weighted by Gasteiger charge is -2.17. The van der Waals surface area contributed by atoms with Gasteiger partial charge in [-0.15, -0.1) is 11.8 Å². The number of esters is 1. The van der Waals surface area contributed by atoms with Gasteiger partial charge in [0.1, 0.15) is 5.25 Å². The second-order valence-electron chi connectivity index (χ2n) is 4.55. The minimum atomic E-state index is -0.313. The molecule has 0 saturated heterocycles. The molecule has 0 radical (unpaired) electrons. The normalized spacial score (nSPS) is 12.8. The Morgan fingerprint density at radius 1 is 1.35 bits per heavy atom. The second-order valence-corrected chi connectivity index (χ2v) is 5.86. The first-order chi connectivity index (χ1) is 8.11. The summed E-state index contributed by atoms with van der Waals surface area (Å²) in [5.41, 5.74) is 0. The molecule has 102 valence electrons. The maximum atomic E-state index is 12.0. The molecule has 0 aromatic rings. The molecular formula is C13H25FO2S. The highest BCUT2D eigenvalue weighted by atomic mass is 32.2. The van der Waals surface area contributed by atoms with E-state index < -0.39 is 0 Å². The van der Waals surface area contributed by atoms with E-state index in [0.717, 1.165) is 19.3 Å². The van der Waals surface area contributed by atoms with Gasteiger partial charge in [0.25, 0.3) is 0 Å². The Labute approximate surface area is 109 Å². The lowest BCUT2D eigenvalue weighted by molar-refractivity contribution is -0.143. The molecule has 0 rings (SSSR count). The predicted octanol–water partition coefficient (Wildman–Crippen LogP) is 3.84. The third kappa shape index (κ3) is 9.45. The summed E-state index contributed by atoms with van der Waals surface area (Å²) in [6, 6.07) is 0. The van der Waals surface area contributed by atoms with Gasteiger partial charge in [0.05, 0.1) is 13.3 Å². The molecule has 0 spiro atoms. The topological polar surface area (TPSA) is 26.3 Å². The molecule has 17 heavy (non-hydrogen) atoms. The van der Waals surface area contributed by atoms with Gasteiger partial charge >= 0.3 is 5.97 Å². The SMILES string of the molecule is CCCCOC(=O)C(CC(C)C)SCCCF. The van der Waals surface area contributed by atoms with E-state index in [9.17, 15) is 9.18 Å². The molecule has 0 fully saturated rings. The van der Waals surface area contributed by atoms with Crippen molar-refractivity contribution in [2.24, 2.45) is 5.92 Å². The second kappa shape index (κ2) is 10.9. The van der Waals surface area contributed by atoms with Crippen LogP contribution in [0.15, 0.2) is 0 Å². The first-order valence-electron chi connectivity index (χ1n) is 6.46. The van der Waals surface area contributed by atoms with E-state index in [1.54, 1.807) is 0 Å². The Balaban J connectivity index is 4.00. The quantitative estimate of drug-likeness (QED) is 0.443. The summed E-state index contributed by atoms with van der Waals surface area (Å²) in [4.78, 5) is 11.8. The summed E-state index contributed by atoms with van der Waals surface area (Å²) < 4.78 is 17.2. The number of halogens is 1. The zero-order valence-electron chi connectivity index (χ0n) is 11.2. The lowest BCUT2D eigenvalue weighted by atomic mass is 10.1. The van der Waals surface area contributed by atoms with E-state index in [-0.39, 0.29) is 17.9 Å². The summed E-state index contributed by atoms with van der Waals surface area (Å²) >= 11 is 1.53. The molecule has 0 saturated carbocycles. The first-order valence-corrected chi connectivity index (χ1v) is 7.50. The van der Waals surface area contributed by atoms with E-state index in [0.29, 0.717) is 24.7 Å². The van der Waals surface area contributed by atoms with E-state index in [4.69, 9.17) is 4.74 Å². The van der Waals surface area contributed by atoms with Crippen molar-refractivity contribution in [3.05, 3.63) is 0 Å². The molecule has 0 heterocycles. The smallest absolute Gasteiger partial charge is 0.319 e. The fraction of sp³-hybridized carbons (Fsp3) is 0.923. The molecule has 1 unspecified atom stereocenters. The van der Waals surface area contributed by atoms with Crippen LogP contribution in [0.2, 0.25) is 0 Å². The number of hydrogen-bond acceptors (Lipinski definition) is 3. The zero-order valence-corrected chi connectivity index (χ0v) is 12.0. The molecular weight excluding hydrogens is 239 g/mol. The number of thioether (sulfide) groups is 1. The van der Waals surface area contributed by atoms with Crippen molar-refractivity contribution < 1.29 is 13.9 Å². The molecule has 0 amide bonds. The van der Waals surface area contributed by atoms with Gasteiger partial charge in [-0.2, -0.15) is 0 Å². The minimum Gasteiger partial charge on any atom is -0.465 e. The number of hydrogen-bond donors (Lipinski definition) is 0. The van der Waals surface area contributed by atoms with Crippen LogP contribution in [0.25, 0.3) is 0 Å². The molecule has 0 aliphatic rings. The molecule has 0 aromatic carbocycles. The van der Waals surface area contributed by atoms with Crippen LogP contribution in [-0.4, -0.2) is 30.3 Å². The summed E-state index contributed by atoms with van der Waals surface area (Å²) in [7, 11) is 0. The first kappa shape index (κ1) is 16.8. The van der Waals surface area contributed by atoms with Crippen molar-refractivity contribution in [3.8, 4) is 0 Å². The minimum absolute atomic E-state index is 0.126. The third-order valence-corrected chi connectivity index (χ3v) is 3.60. The maximum Gasteiger partial charge on any atom is 0.319 e. The standard InChI is InChI=1S/C13H25FO2S/c1-4-5-8-16-13(15)12(10-11(2)3)17-9-6-7-14/h11-12H,4-10H2,1-3H3. The molecule has 4 heteroatoms. The van der Waals surface area contributed by atoms with E-state index in [1.165, 1.54) is 11.8 Å². The Kier molecular flexibility index (Phi) is 10.7. The number of carbonyl (C=O) groups is 1.